The number of halogens is 7. The number of imidazole rings is 1. The molecule has 2 amide bonds. The van der Waals surface area contributed by atoms with Crippen molar-refractivity contribution in [2.45, 2.75) is 89.0 Å². The Morgan fingerprint density at radius 1 is 1.08 bits per heavy atom. The topological polar surface area (TPSA) is 122 Å². The highest BCUT2D eigenvalue weighted by Crippen LogP contribution is 2.52. The molecule has 2 aliphatic carbocycles. The van der Waals surface area contributed by atoms with Crippen LogP contribution < -0.4 is 10.6 Å². The molecule has 50 heavy (non-hydrogen) atoms. The zero-order valence-electron chi connectivity index (χ0n) is 27.3. The van der Waals surface area contributed by atoms with E-state index in [9.17, 15) is 40.3 Å². The average molecular weight is 714 g/mol. The number of rotatable bonds is 9. The van der Waals surface area contributed by atoms with Crippen LogP contribution in [0.15, 0.2) is 18.5 Å². The van der Waals surface area contributed by atoms with Crippen molar-refractivity contribution in [2.75, 3.05) is 19.6 Å². The molecular formula is C32H38F7N9O2. The molecule has 2 unspecified atom stereocenters. The summed E-state index contributed by atoms with van der Waals surface area (Å²) in [5, 5.41) is 14.1. The molecular weight excluding hydrogens is 675 g/mol. The summed E-state index contributed by atoms with van der Waals surface area (Å²) in [6.07, 6.45) is -2.27. The Hall–Kier alpha value is -3.83. The third-order valence-electron chi connectivity index (χ3n) is 10.9. The number of aryl methyl sites for hydroxylation is 1. The van der Waals surface area contributed by atoms with Crippen LogP contribution in [0.25, 0.3) is 5.78 Å². The van der Waals surface area contributed by atoms with Crippen molar-refractivity contribution in [3.63, 3.8) is 0 Å². The number of carbonyl (C=O) groups excluding carboxylic acids is 2. The minimum absolute atomic E-state index is 0.0695. The largest absolute Gasteiger partial charge is 0.393 e. The number of aromatic nitrogens is 6. The molecule has 18 heteroatoms. The molecule has 3 aliphatic heterocycles. The second-order valence-corrected chi connectivity index (χ2v) is 14.2. The van der Waals surface area contributed by atoms with E-state index in [0.29, 0.717) is 24.4 Å². The number of hydrogen-bond donors (Lipinski definition) is 2. The van der Waals surface area contributed by atoms with Crippen molar-refractivity contribution in [3.05, 3.63) is 41.2 Å². The lowest BCUT2D eigenvalue weighted by molar-refractivity contribution is -0.228. The van der Waals surface area contributed by atoms with Gasteiger partial charge in [0.1, 0.15) is 5.69 Å². The maximum absolute atomic E-state index is 14.3. The highest BCUT2D eigenvalue weighted by Gasteiger charge is 2.60. The molecule has 2 saturated carbocycles. The van der Waals surface area contributed by atoms with E-state index < -0.39 is 78.4 Å². The molecule has 0 aromatic carbocycles. The summed E-state index contributed by atoms with van der Waals surface area (Å²) in [4.78, 5) is 37.4. The van der Waals surface area contributed by atoms with Crippen molar-refractivity contribution in [3.8, 4) is 0 Å². The van der Waals surface area contributed by atoms with Gasteiger partial charge >= 0.3 is 6.18 Å². The number of carbonyl (C=O) groups is 2. The van der Waals surface area contributed by atoms with Crippen LogP contribution in [-0.2, 0) is 24.3 Å². The van der Waals surface area contributed by atoms with Crippen molar-refractivity contribution in [2.24, 2.45) is 29.6 Å². The number of piperidine rings is 3. The van der Waals surface area contributed by atoms with E-state index in [4.69, 9.17) is 4.98 Å². The molecule has 3 aromatic heterocycles. The van der Waals surface area contributed by atoms with Crippen molar-refractivity contribution in [1.82, 2.24) is 44.9 Å². The molecule has 2 N–H and O–H groups in total. The summed E-state index contributed by atoms with van der Waals surface area (Å²) in [5.74, 6) is -11.4. The summed E-state index contributed by atoms with van der Waals surface area (Å²) in [5.41, 5.74) is 1.09. The molecule has 0 radical (unpaired) electrons. The van der Waals surface area contributed by atoms with Crippen molar-refractivity contribution >= 4 is 17.6 Å². The molecule has 5 fully saturated rings. The van der Waals surface area contributed by atoms with Gasteiger partial charge in [-0.05, 0) is 44.6 Å². The predicted octanol–water partition coefficient (Wildman–Crippen LogP) is 4.58. The summed E-state index contributed by atoms with van der Waals surface area (Å²) >= 11 is 0. The fourth-order valence-electron chi connectivity index (χ4n) is 7.98. The summed E-state index contributed by atoms with van der Waals surface area (Å²) in [6.45, 7) is 1.99. The molecule has 2 bridgehead atoms. The first-order valence-electron chi connectivity index (χ1n) is 17.0. The van der Waals surface area contributed by atoms with Gasteiger partial charge in [0.05, 0.1) is 35.2 Å². The molecule has 8 rings (SSSR count). The number of hydrogen-bond acceptors (Lipinski definition) is 7. The zero-order valence-corrected chi connectivity index (χ0v) is 27.3. The molecule has 3 saturated heterocycles. The first-order valence-corrected chi connectivity index (χ1v) is 17.0. The van der Waals surface area contributed by atoms with Crippen LogP contribution in [0, 0.1) is 29.6 Å². The smallest absolute Gasteiger partial charge is 0.355 e. The Bertz CT molecular complexity index is 1730. The van der Waals surface area contributed by atoms with Crippen LogP contribution in [0.1, 0.15) is 79.1 Å². The third-order valence-corrected chi connectivity index (χ3v) is 10.9. The molecule has 272 valence electrons. The van der Waals surface area contributed by atoms with E-state index in [-0.39, 0.29) is 68.9 Å². The summed E-state index contributed by atoms with van der Waals surface area (Å²) < 4.78 is 101. The van der Waals surface area contributed by atoms with Crippen molar-refractivity contribution < 1.29 is 40.3 Å². The van der Waals surface area contributed by atoms with Crippen molar-refractivity contribution in [1.29, 1.82) is 0 Å². The second kappa shape index (κ2) is 12.7. The highest BCUT2D eigenvalue weighted by atomic mass is 19.4. The summed E-state index contributed by atoms with van der Waals surface area (Å²) in [6, 6.07) is 0.726. The Morgan fingerprint density at radius 3 is 2.46 bits per heavy atom. The van der Waals surface area contributed by atoms with Gasteiger partial charge in [-0.2, -0.15) is 23.4 Å². The van der Waals surface area contributed by atoms with Crippen LogP contribution in [-0.4, -0.2) is 83.7 Å². The quantitative estimate of drug-likeness (QED) is 0.312. The lowest BCUT2D eigenvalue weighted by atomic mass is 9.67. The Balaban J connectivity index is 1.22. The van der Waals surface area contributed by atoms with Gasteiger partial charge in [0.25, 0.3) is 17.6 Å². The SMILES string of the molecule is CCn1nccc1C(=O)N[C@H](c1cn2nc(C[C@H]3C[C@@H](C(F)(F)F)CNC3=O)c(CN3CC4CC(C3)C4(F)F)nc2n1)C1CCC(F)(F)CC1. The van der Waals surface area contributed by atoms with E-state index in [0.717, 1.165) is 0 Å². The second-order valence-electron chi connectivity index (χ2n) is 14.2. The highest BCUT2D eigenvalue weighted by molar-refractivity contribution is 5.92. The van der Waals surface area contributed by atoms with Crippen LogP contribution in [0.5, 0.6) is 0 Å². The molecule has 3 aromatic rings. The number of nitrogens with zero attached hydrogens (tertiary/aromatic N) is 7. The van der Waals surface area contributed by atoms with Gasteiger partial charge < -0.3 is 10.6 Å². The number of nitrogens with one attached hydrogen (secondary N) is 2. The minimum atomic E-state index is -4.51. The standard InChI is InChI=1S/C32H38F7N9O2/c1-2-47-25(5-8-41-47)28(50)44-26(17-3-6-30(33,34)7-4-17)24-16-48-29(43-24)42-23(15-46-13-20-11-21(14-46)31(20,35)36)22(45-48)10-18-9-19(32(37,38)39)12-40-27(18)49/h5,8,16-21,26H,2-4,6-7,9-15H2,1H3,(H,40,49)(H,44,50)/t18-,19-,20?,21?,26+/m1/s1. The number of amides is 2. The molecule has 6 heterocycles. The van der Waals surface area contributed by atoms with Gasteiger partial charge in [0.2, 0.25) is 11.8 Å². The van der Waals surface area contributed by atoms with Gasteiger partial charge in [-0.3, -0.25) is 19.2 Å². The van der Waals surface area contributed by atoms with Gasteiger partial charge in [0.15, 0.2) is 0 Å². The zero-order chi connectivity index (χ0) is 35.6. The van der Waals surface area contributed by atoms with E-state index in [1.165, 1.54) is 21.6 Å². The molecule has 5 aliphatic rings. The monoisotopic (exact) mass is 713 g/mol. The lowest BCUT2D eigenvalue weighted by Gasteiger charge is -2.53. The average Bonchev–Trinajstić information content (AvgIpc) is 3.71. The van der Waals surface area contributed by atoms with Gasteiger partial charge in [-0.15, -0.1) is 0 Å². The number of alkyl halides is 7. The first kappa shape index (κ1) is 34.6. The van der Waals surface area contributed by atoms with Crippen LogP contribution in [0.4, 0.5) is 30.7 Å². The molecule has 5 atom stereocenters. The Morgan fingerprint density at radius 2 is 1.80 bits per heavy atom. The van der Waals surface area contributed by atoms with Gasteiger partial charge in [-0.25, -0.2) is 32.0 Å². The van der Waals surface area contributed by atoms with Crippen LogP contribution in [0.2, 0.25) is 0 Å². The Labute approximate surface area is 282 Å². The van der Waals surface area contributed by atoms with E-state index in [1.807, 2.05) is 11.8 Å². The molecule has 0 spiro atoms. The third kappa shape index (κ3) is 6.66. The Kier molecular flexibility index (Phi) is 8.82. The van der Waals surface area contributed by atoms with E-state index in [2.05, 4.69) is 25.8 Å². The van der Waals surface area contributed by atoms with Crippen LogP contribution >= 0.6 is 0 Å². The fraction of sp³-hybridized carbons (Fsp3) is 0.688. The lowest BCUT2D eigenvalue weighted by Crippen LogP contribution is -2.62. The first-order chi connectivity index (χ1) is 23.6. The normalized spacial score (nSPS) is 27.5. The number of fused-ring (bicyclic) bond motifs is 3. The molecule has 11 nitrogen and oxygen atoms in total. The maximum atomic E-state index is 14.3. The summed E-state index contributed by atoms with van der Waals surface area (Å²) in [7, 11) is 0. The van der Waals surface area contributed by atoms with E-state index in [1.54, 1.807) is 6.07 Å². The minimum Gasteiger partial charge on any atom is -0.355 e. The van der Waals surface area contributed by atoms with E-state index >= 15 is 0 Å². The van der Waals surface area contributed by atoms with Crippen LogP contribution in [0.3, 0.4) is 0 Å². The van der Waals surface area contributed by atoms with Gasteiger partial charge in [0, 0.05) is 75.9 Å². The predicted molar refractivity (Wildman–Crippen MR) is 162 cm³/mol. The maximum Gasteiger partial charge on any atom is 0.393 e. The fourth-order valence-corrected chi connectivity index (χ4v) is 7.98. The van der Waals surface area contributed by atoms with Gasteiger partial charge in [-0.1, -0.05) is 0 Å².